The van der Waals surface area contributed by atoms with Gasteiger partial charge in [0.15, 0.2) is 11.5 Å². The maximum Gasteiger partial charge on any atom is 0.355 e. The first-order valence-corrected chi connectivity index (χ1v) is 7.14. The van der Waals surface area contributed by atoms with Gasteiger partial charge in [-0.2, -0.15) is 4.98 Å². The lowest BCUT2D eigenvalue weighted by Gasteiger charge is -2.09. The van der Waals surface area contributed by atoms with Gasteiger partial charge < -0.3 is 5.32 Å². The lowest BCUT2D eigenvalue weighted by atomic mass is 10.3. The van der Waals surface area contributed by atoms with Gasteiger partial charge in [0.1, 0.15) is 4.70 Å². The second-order valence-electron chi connectivity index (χ2n) is 4.17. The number of nitrogens with zero attached hydrogens (tertiary/aromatic N) is 3. The van der Waals surface area contributed by atoms with E-state index >= 15 is 0 Å². The molecule has 102 valence electrons. The molecule has 1 aromatic carbocycles. The van der Waals surface area contributed by atoms with Gasteiger partial charge in [0.25, 0.3) is 0 Å². The molecule has 3 aromatic rings. The number of aryl methyl sites for hydroxylation is 1. The molecule has 0 fully saturated rings. The molecule has 0 radical (unpaired) electrons. The van der Waals surface area contributed by atoms with Crippen LogP contribution in [0.25, 0.3) is 16.0 Å². The van der Waals surface area contributed by atoms with E-state index in [1.807, 2.05) is 19.1 Å². The van der Waals surface area contributed by atoms with Crippen molar-refractivity contribution in [1.82, 2.24) is 14.5 Å². The van der Waals surface area contributed by atoms with Crippen molar-refractivity contribution in [2.45, 2.75) is 6.92 Å². The van der Waals surface area contributed by atoms with E-state index in [1.165, 1.54) is 15.9 Å². The van der Waals surface area contributed by atoms with Crippen molar-refractivity contribution in [3.63, 3.8) is 0 Å². The van der Waals surface area contributed by atoms with Crippen molar-refractivity contribution in [1.29, 1.82) is 0 Å². The Morgan fingerprint density at radius 2 is 2.05 bits per heavy atom. The number of para-hydroxylation sites is 1. The average molecular weight is 307 g/mol. The van der Waals surface area contributed by atoms with E-state index in [1.54, 1.807) is 19.2 Å². The zero-order valence-corrected chi connectivity index (χ0v) is 12.4. The molecule has 1 N–H and O–H groups in total. The summed E-state index contributed by atoms with van der Waals surface area (Å²) in [6.07, 6.45) is 0. The summed E-state index contributed by atoms with van der Waals surface area (Å²) in [5.41, 5.74) is 0.759. The highest BCUT2D eigenvalue weighted by molar-refractivity contribution is 7.19. The van der Waals surface area contributed by atoms with Crippen LogP contribution >= 0.6 is 22.9 Å². The van der Waals surface area contributed by atoms with Crippen molar-refractivity contribution in [3.8, 4) is 5.69 Å². The number of fused-ring (bicyclic) bond motifs is 1. The predicted molar refractivity (Wildman–Crippen MR) is 82.3 cm³/mol. The molecule has 0 saturated carbocycles. The molecule has 20 heavy (non-hydrogen) atoms. The Bertz CT molecular complexity index is 855. The Hall–Kier alpha value is -1.92. The van der Waals surface area contributed by atoms with Crippen LogP contribution in [0.1, 0.15) is 5.01 Å². The van der Waals surface area contributed by atoms with Crippen LogP contribution in [-0.4, -0.2) is 21.6 Å². The monoisotopic (exact) mass is 306 g/mol. The van der Waals surface area contributed by atoms with E-state index in [0.717, 1.165) is 9.71 Å². The van der Waals surface area contributed by atoms with Crippen LogP contribution in [0.15, 0.2) is 29.1 Å². The van der Waals surface area contributed by atoms with Crippen LogP contribution in [0.5, 0.6) is 0 Å². The quantitative estimate of drug-likeness (QED) is 0.791. The minimum atomic E-state index is -0.403. The summed E-state index contributed by atoms with van der Waals surface area (Å²) >= 11 is 7.67. The summed E-state index contributed by atoms with van der Waals surface area (Å²) < 4.78 is 2.28. The smallest absolute Gasteiger partial charge is 0.355 e. The Balaban J connectivity index is 2.45. The number of benzene rings is 1. The molecule has 0 aliphatic rings. The summed E-state index contributed by atoms with van der Waals surface area (Å²) in [5.74, 6) is 0.541. The molecule has 2 heterocycles. The van der Waals surface area contributed by atoms with Crippen LogP contribution in [0.3, 0.4) is 0 Å². The van der Waals surface area contributed by atoms with Gasteiger partial charge in [0.2, 0.25) is 0 Å². The highest BCUT2D eigenvalue weighted by Gasteiger charge is 2.16. The molecule has 0 aliphatic heterocycles. The average Bonchev–Trinajstić information content (AvgIpc) is 2.80. The minimum absolute atomic E-state index is 0.403. The number of hydrogen-bond donors (Lipinski definition) is 1. The fraction of sp³-hybridized carbons (Fsp3) is 0.154. The second-order valence-corrected chi connectivity index (χ2v) is 5.78. The summed E-state index contributed by atoms with van der Waals surface area (Å²) in [5, 5.41) is 4.28. The van der Waals surface area contributed by atoms with Crippen LogP contribution in [0.4, 0.5) is 5.82 Å². The number of aromatic nitrogens is 3. The number of anilines is 1. The van der Waals surface area contributed by atoms with Gasteiger partial charge in [-0.1, -0.05) is 23.7 Å². The number of thiazole rings is 1. The molecule has 5 nitrogen and oxygen atoms in total. The highest BCUT2D eigenvalue weighted by atomic mass is 35.5. The van der Waals surface area contributed by atoms with Crippen LogP contribution in [0.2, 0.25) is 5.02 Å². The van der Waals surface area contributed by atoms with Crippen LogP contribution in [-0.2, 0) is 0 Å². The number of hydrogen-bond acceptors (Lipinski definition) is 5. The lowest BCUT2D eigenvalue weighted by Crippen LogP contribution is -2.23. The standard InChI is InChI=1S/C13H11ClN4OS/c1-7-16-12-10(20-7)11(15-2)17-13(19)18(12)9-6-4-3-5-8(9)14/h3-6H,1-2H3,(H,15,17,19). The molecule has 0 aliphatic carbocycles. The number of nitrogens with one attached hydrogen (secondary N) is 1. The Labute approximate surface area is 123 Å². The van der Waals surface area contributed by atoms with Crippen molar-refractivity contribution in [2.75, 3.05) is 12.4 Å². The fourth-order valence-electron chi connectivity index (χ4n) is 2.03. The van der Waals surface area contributed by atoms with Gasteiger partial charge in [-0.3, -0.25) is 0 Å². The third kappa shape index (κ3) is 1.97. The highest BCUT2D eigenvalue weighted by Crippen LogP contribution is 2.29. The van der Waals surface area contributed by atoms with Gasteiger partial charge in [-0.05, 0) is 19.1 Å². The molecular formula is C13H11ClN4OS. The van der Waals surface area contributed by atoms with E-state index < -0.39 is 5.69 Å². The second kappa shape index (κ2) is 4.88. The summed E-state index contributed by atoms with van der Waals surface area (Å²) in [6.45, 7) is 1.89. The molecule has 0 spiro atoms. The summed E-state index contributed by atoms with van der Waals surface area (Å²) in [4.78, 5) is 20.8. The Morgan fingerprint density at radius 3 is 2.75 bits per heavy atom. The molecule has 0 unspecified atom stereocenters. The van der Waals surface area contributed by atoms with Crippen molar-refractivity contribution >= 4 is 39.1 Å². The third-order valence-corrected chi connectivity index (χ3v) is 4.16. The molecule has 0 saturated heterocycles. The summed E-state index contributed by atoms with van der Waals surface area (Å²) in [7, 11) is 1.73. The molecule has 7 heteroatoms. The van der Waals surface area contributed by atoms with Gasteiger partial charge in [-0.15, -0.1) is 11.3 Å². The summed E-state index contributed by atoms with van der Waals surface area (Å²) in [6, 6.07) is 7.15. The SMILES string of the molecule is CNc1nc(=O)n(-c2ccccc2Cl)c2nc(C)sc12. The molecule has 0 bridgehead atoms. The fourth-order valence-corrected chi connectivity index (χ4v) is 3.15. The van der Waals surface area contributed by atoms with Gasteiger partial charge >= 0.3 is 5.69 Å². The Morgan fingerprint density at radius 1 is 1.30 bits per heavy atom. The molecule has 2 aromatic heterocycles. The normalized spacial score (nSPS) is 10.9. The first-order chi connectivity index (χ1) is 9.61. The zero-order chi connectivity index (χ0) is 14.3. The number of halogens is 1. The van der Waals surface area contributed by atoms with Crippen molar-refractivity contribution in [2.24, 2.45) is 0 Å². The first kappa shape index (κ1) is 13.1. The van der Waals surface area contributed by atoms with E-state index in [4.69, 9.17) is 11.6 Å². The van der Waals surface area contributed by atoms with Gasteiger partial charge in [-0.25, -0.2) is 14.3 Å². The first-order valence-electron chi connectivity index (χ1n) is 5.94. The zero-order valence-electron chi connectivity index (χ0n) is 10.8. The molecule has 3 rings (SSSR count). The van der Waals surface area contributed by atoms with Gasteiger partial charge in [0, 0.05) is 7.05 Å². The van der Waals surface area contributed by atoms with Crippen LogP contribution in [0, 0.1) is 6.92 Å². The third-order valence-electron chi connectivity index (χ3n) is 2.87. The van der Waals surface area contributed by atoms with E-state index in [9.17, 15) is 4.79 Å². The van der Waals surface area contributed by atoms with Crippen molar-refractivity contribution < 1.29 is 0 Å². The molecular weight excluding hydrogens is 296 g/mol. The van der Waals surface area contributed by atoms with Gasteiger partial charge in [0.05, 0.1) is 15.7 Å². The molecule has 0 amide bonds. The predicted octanol–water partition coefficient (Wildman–Crippen LogP) is 2.85. The maximum absolute atomic E-state index is 12.3. The maximum atomic E-state index is 12.3. The van der Waals surface area contributed by atoms with Crippen LogP contribution < -0.4 is 11.0 Å². The molecule has 0 atom stereocenters. The minimum Gasteiger partial charge on any atom is -0.372 e. The lowest BCUT2D eigenvalue weighted by molar-refractivity contribution is 0.946. The van der Waals surface area contributed by atoms with E-state index in [2.05, 4.69) is 15.3 Å². The number of rotatable bonds is 2. The topological polar surface area (TPSA) is 59.8 Å². The largest absolute Gasteiger partial charge is 0.372 e. The van der Waals surface area contributed by atoms with E-state index in [-0.39, 0.29) is 0 Å². The Kier molecular flexibility index (Phi) is 3.19. The van der Waals surface area contributed by atoms with Crippen molar-refractivity contribution in [3.05, 3.63) is 44.8 Å². The van der Waals surface area contributed by atoms with E-state index in [0.29, 0.717) is 22.2 Å².